The fourth-order valence-corrected chi connectivity index (χ4v) is 6.14. The van der Waals surface area contributed by atoms with Crippen molar-refractivity contribution in [2.45, 2.75) is 41.9 Å². The summed E-state index contributed by atoms with van der Waals surface area (Å²) in [5, 5.41) is 21.0. The number of para-hydroxylation sites is 1. The lowest BCUT2D eigenvalue weighted by atomic mass is 9.88. The Hall–Kier alpha value is -4.36. The van der Waals surface area contributed by atoms with Gasteiger partial charge >= 0.3 is 0 Å². The Morgan fingerprint density at radius 3 is 2.59 bits per heavy atom. The Kier molecular flexibility index (Phi) is 6.09. The van der Waals surface area contributed by atoms with E-state index in [0.717, 1.165) is 18.2 Å². The van der Waals surface area contributed by atoms with Gasteiger partial charge in [-0.15, -0.1) is 0 Å². The van der Waals surface area contributed by atoms with E-state index in [-0.39, 0.29) is 22.2 Å². The van der Waals surface area contributed by atoms with E-state index in [4.69, 9.17) is 0 Å². The molecule has 0 aliphatic carbocycles. The lowest BCUT2D eigenvalue weighted by Gasteiger charge is -2.30. The van der Waals surface area contributed by atoms with Crippen LogP contribution in [0.5, 0.6) is 5.88 Å². The number of aromatic nitrogens is 3. The molecule has 5 rings (SSSR count). The molecular weight excluding hydrogens is 495 g/mol. The lowest BCUT2D eigenvalue weighted by Crippen LogP contribution is -2.30. The van der Waals surface area contributed by atoms with Crippen molar-refractivity contribution < 1.29 is 17.9 Å². The number of nitriles is 1. The van der Waals surface area contributed by atoms with Crippen LogP contribution >= 0.6 is 0 Å². The first-order valence-corrected chi connectivity index (χ1v) is 13.1. The standard InChI is InChI=1S/C27H21FN4O4S/c1-2-4-18-11-17-5-3-6-19(13-29)23(17)32-25(18)31-26(33)24(27(32)34)37(35,36)22-9-7-16(8-10-22)20-12-21(28)15-30-14-20/h3,5-10,12,14-15,18,34H,2,4,11H2,1H3/t18-/m0/s1. The maximum absolute atomic E-state index is 13.6. The van der Waals surface area contributed by atoms with Gasteiger partial charge in [-0.1, -0.05) is 37.6 Å². The fourth-order valence-electron chi connectivity index (χ4n) is 4.80. The van der Waals surface area contributed by atoms with E-state index in [9.17, 15) is 28.0 Å². The van der Waals surface area contributed by atoms with Crippen LogP contribution in [-0.2, 0) is 16.3 Å². The molecule has 3 heterocycles. The molecule has 0 spiro atoms. The van der Waals surface area contributed by atoms with Crippen LogP contribution in [0, 0.1) is 17.1 Å². The molecule has 2 aromatic carbocycles. The van der Waals surface area contributed by atoms with E-state index in [2.05, 4.69) is 16.0 Å². The second-order valence-corrected chi connectivity index (χ2v) is 10.7. The Labute approximate surface area is 212 Å². The number of halogens is 1. The number of fused-ring (bicyclic) bond motifs is 3. The third-order valence-electron chi connectivity index (χ3n) is 6.46. The molecule has 1 atom stereocenters. The third kappa shape index (κ3) is 4.07. The number of sulfone groups is 1. The molecule has 0 radical (unpaired) electrons. The molecule has 2 aromatic heterocycles. The first-order chi connectivity index (χ1) is 17.8. The number of benzene rings is 2. The molecule has 1 N–H and O–H groups in total. The van der Waals surface area contributed by atoms with Crippen LogP contribution < -0.4 is 5.56 Å². The van der Waals surface area contributed by atoms with Crippen molar-refractivity contribution in [1.82, 2.24) is 14.5 Å². The maximum atomic E-state index is 13.6. The molecule has 4 aromatic rings. The first-order valence-electron chi connectivity index (χ1n) is 11.6. The summed E-state index contributed by atoms with van der Waals surface area (Å²) in [5.74, 6) is -1.32. The average Bonchev–Trinajstić information content (AvgIpc) is 2.88. The molecule has 0 bridgehead atoms. The predicted molar refractivity (Wildman–Crippen MR) is 133 cm³/mol. The summed E-state index contributed by atoms with van der Waals surface area (Å²) in [6.45, 7) is 1.98. The van der Waals surface area contributed by atoms with Gasteiger partial charge in [-0.05, 0) is 48.2 Å². The highest BCUT2D eigenvalue weighted by Gasteiger charge is 2.35. The summed E-state index contributed by atoms with van der Waals surface area (Å²) in [5.41, 5.74) is 1.20. The number of rotatable bonds is 5. The van der Waals surface area contributed by atoms with Gasteiger partial charge in [0.05, 0.1) is 22.3 Å². The van der Waals surface area contributed by atoms with E-state index in [1.807, 2.05) is 13.0 Å². The molecular formula is C27H21FN4O4S. The summed E-state index contributed by atoms with van der Waals surface area (Å²) in [6.07, 6.45) is 4.44. The highest BCUT2D eigenvalue weighted by molar-refractivity contribution is 7.91. The van der Waals surface area contributed by atoms with Crippen molar-refractivity contribution in [2.75, 3.05) is 0 Å². The van der Waals surface area contributed by atoms with E-state index < -0.39 is 32.0 Å². The average molecular weight is 517 g/mol. The predicted octanol–water partition coefficient (Wildman–Crippen LogP) is 4.28. The van der Waals surface area contributed by atoms with E-state index in [1.54, 1.807) is 12.1 Å². The largest absolute Gasteiger partial charge is 0.493 e. The lowest BCUT2D eigenvalue weighted by molar-refractivity contribution is 0.396. The molecule has 1 aliphatic rings. The van der Waals surface area contributed by atoms with Crippen molar-refractivity contribution in [3.8, 4) is 28.8 Å². The van der Waals surface area contributed by atoms with E-state index in [1.165, 1.54) is 41.1 Å². The molecule has 0 fully saturated rings. The zero-order valence-electron chi connectivity index (χ0n) is 19.7. The number of nitrogens with zero attached hydrogens (tertiary/aromatic N) is 4. The molecule has 0 saturated heterocycles. The van der Waals surface area contributed by atoms with Crippen LogP contribution in [0.25, 0.3) is 16.8 Å². The second-order valence-electron chi connectivity index (χ2n) is 8.80. The van der Waals surface area contributed by atoms with Gasteiger partial charge in [0.2, 0.25) is 15.7 Å². The minimum absolute atomic E-state index is 0.228. The van der Waals surface area contributed by atoms with Crippen LogP contribution in [0.2, 0.25) is 0 Å². The fraction of sp³-hybridized carbons (Fsp3) is 0.185. The zero-order chi connectivity index (χ0) is 26.3. The monoisotopic (exact) mass is 516 g/mol. The molecule has 1 aliphatic heterocycles. The van der Waals surface area contributed by atoms with Crippen LogP contribution in [0.4, 0.5) is 4.39 Å². The quantitative estimate of drug-likeness (QED) is 0.419. The molecule has 0 saturated carbocycles. The summed E-state index contributed by atoms with van der Waals surface area (Å²) in [6, 6.07) is 13.9. The van der Waals surface area contributed by atoms with Crippen molar-refractivity contribution in [2.24, 2.45) is 0 Å². The van der Waals surface area contributed by atoms with Gasteiger partial charge < -0.3 is 5.11 Å². The molecule has 0 amide bonds. The van der Waals surface area contributed by atoms with Gasteiger partial charge in [-0.25, -0.2) is 12.8 Å². The molecule has 186 valence electrons. The topological polar surface area (TPSA) is 126 Å². The van der Waals surface area contributed by atoms with Crippen molar-refractivity contribution >= 4 is 9.84 Å². The van der Waals surface area contributed by atoms with Gasteiger partial charge in [0.25, 0.3) is 5.56 Å². The maximum Gasteiger partial charge on any atom is 0.296 e. The number of aromatic hydroxyl groups is 1. The molecule has 8 nitrogen and oxygen atoms in total. The van der Waals surface area contributed by atoms with Crippen LogP contribution in [-0.4, -0.2) is 28.1 Å². The molecule has 37 heavy (non-hydrogen) atoms. The van der Waals surface area contributed by atoms with Crippen LogP contribution in [0.15, 0.2) is 75.5 Å². The number of hydrogen-bond acceptors (Lipinski definition) is 7. The smallest absolute Gasteiger partial charge is 0.296 e. The van der Waals surface area contributed by atoms with Gasteiger partial charge in [0.15, 0.2) is 4.90 Å². The van der Waals surface area contributed by atoms with Crippen molar-refractivity contribution in [3.05, 3.63) is 94.0 Å². The van der Waals surface area contributed by atoms with Crippen LogP contribution in [0.3, 0.4) is 0 Å². The number of hydrogen-bond donors (Lipinski definition) is 1. The van der Waals surface area contributed by atoms with Gasteiger partial charge in [0.1, 0.15) is 17.7 Å². The van der Waals surface area contributed by atoms with Gasteiger partial charge in [0, 0.05) is 17.7 Å². The van der Waals surface area contributed by atoms with E-state index >= 15 is 0 Å². The zero-order valence-corrected chi connectivity index (χ0v) is 20.5. The summed E-state index contributed by atoms with van der Waals surface area (Å²) >= 11 is 0. The Morgan fingerprint density at radius 2 is 1.92 bits per heavy atom. The van der Waals surface area contributed by atoms with Crippen molar-refractivity contribution in [3.63, 3.8) is 0 Å². The van der Waals surface area contributed by atoms with E-state index in [0.29, 0.717) is 29.7 Å². The summed E-state index contributed by atoms with van der Waals surface area (Å²) in [4.78, 5) is 19.9. The van der Waals surface area contributed by atoms with Crippen LogP contribution in [0.1, 0.15) is 42.6 Å². The SMILES string of the molecule is CCC[C@H]1Cc2cccc(C#N)c2-n2c1nc(=O)c(S(=O)(=O)c1ccc(-c3cncc(F)c3)cc1)c2O. The Morgan fingerprint density at radius 1 is 1.16 bits per heavy atom. The van der Waals surface area contributed by atoms with Gasteiger partial charge in [-0.3, -0.25) is 14.3 Å². The summed E-state index contributed by atoms with van der Waals surface area (Å²) in [7, 11) is -4.51. The minimum atomic E-state index is -4.51. The molecule has 0 unspecified atom stereocenters. The third-order valence-corrected chi connectivity index (χ3v) is 8.25. The van der Waals surface area contributed by atoms with Crippen molar-refractivity contribution in [1.29, 1.82) is 5.26 Å². The minimum Gasteiger partial charge on any atom is -0.493 e. The highest BCUT2D eigenvalue weighted by Crippen LogP contribution is 2.40. The first kappa shape index (κ1) is 24.3. The Balaban J connectivity index is 1.69. The Bertz CT molecular complexity index is 1740. The molecule has 10 heteroatoms. The normalized spacial score (nSPS) is 14.5. The second kappa shape index (κ2) is 9.26. The summed E-state index contributed by atoms with van der Waals surface area (Å²) < 4.78 is 42.0. The number of pyridine rings is 1. The highest BCUT2D eigenvalue weighted by atomic mass is 32.2. The van der Waals surface area contributed by atoms with Gasteiger partial charge in [-0.2, -0.15) is 10.2 Å².